The molecule has 8 heteroatoms. The molecule has 1 aliphatic heterocycles. The van der Waals surface area contributed by atoms with Crippen LogP contribution in [0.1, 0.15) is 48.9 Å². The van der Waals surface area contributed by atoms with E-state index >= 15 is 0 Å². The number of aromatic nitrogens is 2. The smallest absolute Gasteiger partial charge is 0.343 e. The summed E-state index contributed by atoms with van der Waals surface area (Å²) in [7, 11) is 2.99. The normalized spacial score (nSPS) is 17.3. The number of carbonyl (C=O) groups is 2. The van der Waals surface area contributed by atoms with Crippen LogP contribution >= 0.6 is 0 Å². The lowest BCUT2D eigenvalue weighted by molar-refractivity contribution is 0.0734. The molecule has 1 aliphatic carbocycles. The molecule has 2 atom stereocenters. The van der Waals surface area contributed by atoms with Crippen molar-refractivity contribution in [3.63, 3.8) is 0 Å². The molecule has 0 amide bonds. The van der Waals surface area contributed by atoms with Crippen LogP contribution in [-0.2, 0) is 14.1 Å². The Balaban J connectivity index is 1.46. The summed E-state index contributed by atoms with van der Waals surface area (Å²) in [6, 6.07) is 21.1. The Kier molecular flexibility index (Phi) is 5.34. The monoisotopic (exact) mass is 505 g/mol. The van der Waals surface area contributed by atoms with Gasteiger partial charge in [0.2, 0.25) is 0 Å². The summed E-state index contributed by atoms with van der Waals surface area (Å²) in [5.41, 5.74) is 3.15. The first-order valence-electron chi connectivity index (χ1n) is 12.2. The van der Waals surface area contributed by atoms with E-state index in [1.165, 1.54) is 11.6 Å². The summed E-state index contributed by atoms with van der Waals surface area (Å²) in [5, 5.41) is 0. The van der Waals surface area contributed by atoms with Gasteiger partial charge in [0.15, 0.2) is 5.78 Å². The Morgan fingerprint density at radius 2 is 1.55 bits per heavy atom. The van der Waals surface area contributed by atoms with Crippen molar-refractivity contribution >= 4 is 23.3 Å². The number of ether oxygens (including phenoxy) is 1. The van der Waals surface area contributed by atoms with E-state index in [-0.39, 0.29) is 17.2 Å². The number of esters is 1. The van der Waals surface area contributed by atoms with E-state index in [0.717, 1.165) is 10.1 Å². The zero-order valence-electron chi connectivity index (χ0n) is 21.0. The third-order valence-corrected chi connectivity index (χ3v) is 7.29. The first-order valence-corrected chi connectivity index (χ1v) is 12.2. The van der Waals surface area contributed by atoms with Gasteiger partial charge in [-0.2, -0.15) is 0 Å². The highest BCUT2D eigenvalue weighted by atomic mass is 16.5. The number of fused-ring (bicyclic) bond motifs is 4. The highest BCUT2D eigenvalue weighted by Gasteiger charge is 2.47. The average Bonchev–Trinajstić information content (AvgIpc) is 3.21. The van der Waals surface area contributed by atoms with Crippen LogP contribution in [0.15, 0.2) is 87.4 Å². The molecular formula is C30H23N3O5. The minimum absolute atomic E-state index is 0.124. The summed E-state index contributed by atoms with van der Waals surface area (Å²) in [5.74, 6) is -1.42. The number of rotatable bonds is 3. The maximum atomic E-state index is 13.6. The van der Waals surface area contributed by atoms with Gasteiger partial charge in [-0.3, -0.25) is 18.7 Å². The lowest BCUT2D eigenvalue weighted by Gasteiger charge is -2.30. The van der Waals surface area contributed by atoms with Gasteiger partial charge in [-0.05, 0) is 36.8 Å². The largest absolute Gasteiger partial charge is 0.423 e. The Morgan fingerprint density at radius 3 is 2.26 bits per heavy atom. The molecule has 0 radical (unpaired) electrons. The number of ketones is 1. The lowest BCUT2D eigenvalue weighted by Crippen LogP contribution is -2.43. The number of benzene rings is 3. The lowest BCUT2D eigenvalue weighted by atomic mass is 9.76. The second-order valence-electron chi connectivity index (χ2n) is 9.63. The standard InChI is InChI=1S/C30H23N3O5/c1-16-7-6-8-18(15-16)29(36)38-19-13-11-17(12-14-19)22-23-25(20-9-4-5-10-21(20)26(23)34)31-27-24(22)28(35)33(3)30(37)32(27)2/h4-15,22-23H,1-3H3/t22-,23-/m0/s1. The predicted molar refractivity (Wildman–Crippen MR) is 142 cm³/mol. The zero-order chi connectivity index (χ0) is 26.7. The van der Waals surface area contributed by atoms with Crippen LogP contribution in [0.3, 0.4) is 0 Å². The summed E-state index contributed by atoms with van der Waals surface area (Å²) >= 11 is 0. The summed E-state index contributed by atoms with van der Waals surface area (Å²) in [6.45, 7) is 1.90. The zero-order valence-corrected chi connectivity index (χ0v) is 21.0. The van der Waals surface area contributed by atoms with Gasteiger partial charge in [-0.25, -0.2) is 14.6 Å². The fraction of sp³-hybridized carbons (Fsp3) is 0.167. The summed E-state index contributed by atoms with van der Waals surface area (Å²) in [4.78, 5) is 57.1. The van der Waals surface area contributed by atoms with Crippen molar-refractivity contribution in [2.24, 2.45) is 25.0 Å². The average molecular weight is 506 g/mol. The highest BCUT2D eigenvalue weighted by molar-refractivity contribution is 6.30. The van der Waals surface area contributed by atoms with E-state index in [1.54, 1.807) is 61.6 Å². The molecule has 2 heterocycles. The van der Waals surface area contributed by atoms with Gasteiger partial charge in [-0.1, -0.05) is 54.1 Å². The molecule has 6 rings (SSSR count). The van der Waals surface area contributed by atoms with Gasteiger partial charge in [0.05, 0.1) is 22.8 Å². The van der Waals surface area contributed by atoms with Crippen molar-refractivity contribution in [3.05, 3.63) is 127 Å². The molecule has 4 aromatic rings. The molecular weight excluding hydrogens is 482 g/mol. The Morgan fingerprint density at radius 1 is 0.842 bits per heavy atom. The van der Waals surface area contributed by atoms with Gasteiger partial charge in [0.1, 0.15) is 11.6 Å². The molecule has 0 N–H and O–H groups in total. The summed E-state index contributed by atoms with van der Waals surface area (Å²) in [6.07, 6.45) is 0. The quantitative estimate of drug-likeness (QED) is 0.312. The van der Waals surface area contributed by atoms with Gasteiger partial charge in [-0.15, -0.1) is 0 Å². The molecule has 8 nitrogen and oxygen atoms in total. The third-order valence-electron chi connectivity index (χ3n) is 7.29. The number of carbonyl (C=O) groups excluding carboxylic acids is 2. The van der Waals surface area contributed by atoms with Crippen LogP contribution in [0.4, 0.5) is 5.82 Å². The minimum Gasteiger partial charge on any atom is -0.423 e. The number of aryl methyl sites for hydroxylation is 1. The van der Waals surface area contributed by atoms with Crippen molar-refractivity contribution in [2.75, 3.05) is 0 Å². The fourth-order valence-corrected chi connectivity index (χ4v) is 5.41. The number of aliphatic imine (C=N–C) groups is 1. The van der Waals surface area contributed by atoms with Crippen LogP contribution in [0.25, 0.3) is 0 Å². The fourth-order valence-electron chi connectivity index (χ4n) is 5.41. The second-order valence-corrected chi connectivity index (χ2v) is 9.63. The molecule has 0 unspecified atom stereocenters. The third kappa shape index (κ3) is 3.48. The minimum atomic E-state index is -0.717. The van der Waals surface area contributed by atoms with E-state index in [4.69, 9.17) is 9.73 Å². The number of nitrogens with zero attached hydrogens (tertiary/aromatic N) is 3. The van der Waals surface area contributed by atoms with Crippen molar-refractivity contribution in [1.82, 2.24) is 9.13 Å². The molecule has 0 fully saturated rings. The van der Waals surface area contributed by atoms with Gasteiger partial charge in [0, 0.05) is 31.1 Å². The SMILES string of the molecule is Cc1cccc(C(=O)Oc2ccc([C@@H]3c4c(n(C)c(=O)n(C)c4=O)N=C4c5ccccc5C(=O)[C@H]43)cc2)c1. The van der Waals surface area contributed by atoms with E-state index < -0.39 is 29.1 Å². The van der Waals surface area contributed by atoms with Gasteiger partial charge >= 0.3 is 11.7 Å². The van der Waals surface area contributed by atoms with Crippen LogP contribution in [0.5, 0.6) is 5.75 Å². The molecule has 188 valence electrons. The molecule has 38 heavy (non-hydrogen) atoms. The Labute approximate surface area is 217 Å². The van der Waals surface area contributed by atoms with Crippen LogP contribution in [0, 0.1) is 12.8 Å². The van der Waals surface area contributed by atoms with Crippen molar-refractivity contribution < 1.29 is 14.3 Å². The van der Waals surface area contributed by atoms with Crippen molar-refractivity contribution in [1.29, 1.82) is 0 Å². The maximum Gasteiger partial charge on any atom is 0.343 e. The summed E-state index contributed by atoms with van der Waals surface area (Å²) < 4.78 is 7.94. The highest BCUT2D eigenvalue weighted by Crippen LogP contribution is 2.46. The van der Waals surface area contributed by atoms with Crippen molar-refractivity contribution in [2.45, 2.75) is 12.8 Å². The predicted octanol–water partition coefficient (Wildman–Crippen LogP) is 3.69. The molecule has 2 aliphatic rings. The number of Topliss-reactive ketones (excluding diaryl/α,β-unsaturated/α-hetero) is 1. The topological polar surface area (TPSA) is 99.7 Å². The van der Waals surface area contributed by atoms with E-state index in [2.05, 4.69) is 0 Å². The number of hydrogen-bond acceptors (Lipinski definition) is 6. The number of hydrogen-bond donors (Lipinski definition) is 0. The maximum absolute atomic E-state index is 13.6. The molecule has 0 spiro atoms. The Bertz CT molecular complexity index is 1810. The Hall–Kier alpha value is -4.85. The van der Waals surface area contributed by atoms with Crippen LogP contribution < -0.4 is 16.0 Å². The van der Waals surface area contributed by atoms with Crippen LogP contribution in [0.2, 0.25) is 0 Å². The van der Waals surface area contributed by atoms with Crippen LogP contribution in [-0.4, -0.2) is 26.6 Å². The van der Waals surface area contributed by atoms with E-state index in [9.17, 15) is 19.2 Å². The first-order chi connectivity index (χ1) is 18.3. The second kappa shape index (κ2) is 8.62. The molecule has 1 aromatic heterocycles. The van der Waals surface area contributed by atoms with Gasteiger partial charge in [0.25, 0.3) is 5.56 Å². The van der Waals surface area contributed by atoms with Gasteiger partial charge < -0.3 is 4.74 Å². The van der Waals surface area contributed by atoms with E-state index in [1.807, 2.05) is 25.1 Å². The molecule has 0 bridgehead atoms. The molecule has 0 saturated heterocycles. The molecule has 3 aromatic carbocycles. The first kappa shape index (κ1) is 23.5. The van der Waals surface area contributed by atoms with Crippen molar-refractivity contribution in [3.8, 4) is 5.75 Å². The van der Waals surface area contributed by atoms with E-state index in [0.29, 0.717) is 33.7 Å². The molecule has 0 saturated carbocycles.